The number of methoxy groups -OCH3 is 1. The van der Waals surface area contributed by atoms with Gasteiger partial charge in [0.15, 0.2) is 0 Å². The van der Waals surface area contributed by atoms with Crippen molar-refractivity contribution in [2.45, 2.75) is 6.54 Å². The van der Waals surface area contributed by atoms with Crippen LogP contribution in [-0.4, -0.2) is 45.6 Å². The van der Waals surface area contributed by atoms with E-state index in [2.05, 4.69) is 5.32 Å². The number of nitrogens with one attached hydrogen (secondary N) is 1. The zero-order chi connectivity index (χ0) is 13.4. The molecule has 102 valence electrons. The second-order valence-corrected chi connectivity index (χ2v) is 4.10. The van der Waals surface area contributed by atoms with Gasteiger partial charge in [-0.2, -0.15) is 0 Å². The molecule has 0 amide bonds. The smallest absolute Gasteiger partial charge is 0.146 e. The molecule has 0 atom stereocenters. The number of ether oxygens (including phenoxy) is 1. The number of likely N-dealkylation sites (N-methyl/N-ethyl adjacent to an activating group) is 1. The summed E-state index contributed by atoms with van der Waals surface area (Å²) in [5.41, 5.74) is 1.52. The lowest BCUT2D eigenvalue weighted by Gasteiger charge is -2.19. The van der Waals surface area contributed by atoms with Crippen LogP contribution in [-0.2, 0) is 11.3 Å². The third-order valence-corrected chi connectivity index (χ3v) is 2.67. The van der Waals surface area contributed by atoms with Gasteiger partial charge < -0.3 is 20.1 Å². The van der Waals surface area contributed by atoms with Crippen molar-refractivity contribution in [2.24, 2.45) is 0 Å². The van der Waals surface area contributed by atoms with Crippen LogP contribution >= 0.6 is 0 Å². The summed E-state index contributed by atoms with van der Waals surface area (Å²) >= 11 is 0. The van der Waals surface area contributed by atoms with E-state index in [0.29, 0.717) is 25.4 Å². The van der Waals surface area contributed by atoms with Crippen LogP contribution in [0.3, 0.4) is 0 Å². The summed E-state index contributed by atoms with van der Waals surface area (Å²) in [5, 5.41) is 12.1. The summed E-state index contributed by atoms with van der Waals surface area (Å²) < 4.78 is 18.6. The lowest BCUT2D eigenvalue weighted by molar-refractivity contribution is 0.199. The standard InChI is InChI=1S/C13H21FN2O2/c1-16(6-7-17)13-9-11(3-4-12(13)14)10-15-5-8-18-2/h3-4,9,15,17H,5-8,10H2,1-2H3. The molecule has 0 heterocycles. The maximum Gasteiger partial charge on any atom is 0.146 e. The van der Waals surface area contributed by atoms with Crippen molar-refractivity contribution in [2.75, 3.05) is 45.4 Å². The van der Waals surface area contributed by atoms with Crippen molar-refractivity contribution >= 4 is 5.69 Å². The summed E-state index contributed by atoms with van der Waals surface area (Å²) in [4.78, 5) is 1.70. The first-order valence-corrected chi connectivity index (χ1v) is 5.99. The van der Waals surface area contributed by atoms with Crippen molar-refractivity contribution < 1.29 is 14.2 Å². The summed E-state index contributed by atoms with van der Waals surface area (Å²) in [6.45, 7) is 2.50. The fraction of sp³-hybridized carbons (Fsp3) is 0.538. The molecule has 0 unspecified atom stereocenters. The molecule has 0 saturated heterocycles. The molecule has 0 aliphatic rings. The monoisotopic (exact) mass is 256 g/mol. The van der Waals surface area contributed by atoms with Crippen LogP contribution in [0.15, 0.2) is 18.2 Å². The van der Waals surface area contributed by atoms with Gasteiger partial charge in [-0.1, -0.05) is 6.07 Å². The number of aliphatic hydroxyl groups is 1. The number of aliphatic hydroxyl groups excluding tert-OH is 1. The van der Waals surface area contributed by atoms with Crippen LogP contribution < -0.4 is 10.2 Å². The lowest BCUT2D eigenvalue weighted by Crippen LogP contribution is -2.23. The Labute approximate surface area is 107 Å². The summed E-state index contributed by atoms with van der Waals surface area (Å²) in [6.07, 6.45) is 0. The maximum atomic E-state index is 13.6. The molecule has 0 spiro atoms. The Kier molecular flexibility index (Phi) is 6.64. The van der Waals surface area contributed by atoms with E-state index in [4.69, 9.17) is 9.84 Å². The Morgan fingerprint density at radius 3 is 2.89 bits per heavy atom. The second-order valence-electron chi connectivity index (χ2n) is 4.10. The Morgan fingerprint density at radius 1 is 1.44 bits per heavy atom. The van der Waals surface area contributed by atoms with Gasteiger partial charge in [0.2, 0.25) is 0 Å². The minimum atomic E-state index is -0.272. The molecule has 0 radical (unpaired) electrons. The molecule has 0 aromatic heterocycles. The fourth-order valence-electron chi connectivity index (χ4n) is 1.64. The number of benzene rings is 1. The molecule has 0 aliphatic heterocycles. The molecule has 18 heavy (non-hydrogen) atoms. The Bertz CT molecular complexity index is 361. The highest BCUT2D eigenvalue weighted by Gasteiger charge is 2.08. The van der Waals surface area contributed by atoms with Gasteiger partial charge in [-0.15, -0.1) is 0 Å². The average molecular weight is 256 g/mol. The Balaban J connectivity index is 2.62. The molecule has 0 aliphatic carbocycles. The van der Waals surface area contributed by atoms with Crippen molar-refractivity contribution in [3.05, 3.63) is 29.6 Å². The zero-order valence-electron chi connectivity index (χ0n) is 10.9. The number of hydrogen-bond donors (Lipinski definition) is 2. The molecule has 0 saturated carbocycles. The molecular weight excluding hydrogens is 235 g/mol. The third-order valence-electron chi connectivity index (χ3n) is 2.67. The first-order valence-electron chi connectivity index (χ1n) is 5.99. The Hall–Kier alpha value is -1.17. The highest BCUT2D eigenvalue weighted by molar-refractivity contribution is 5.49. The quantitative estimate of drug-likeness (QED) is 0.681. The van der Waals surface area contributed by atoms with Crippen LogP contribution in [0.1, 0.15) is 5.56 Å². The molecule has 0 fully saturated rings. The van der Waals surface area contributed by atoms with E-state index in [1.807, 2.05) is 0 Å². The number of rotatable bonds is 8. The third kappa shape index (κ3) is 4.60. The van der Waals surface area contributed by atoms with E-state index >= 15 is 0 Å². The van der Waals surface area contributed by atoms with E-state index in [1.54, 1.807) is 31.2 Å². The summed E-state index contributed by atoms with van der Waals surface area (Å²) in [7, 11) is 3.41. The number of nitrogens with zero attached hydrogens (tertiary/aromatic N) is 1. The SMILES string of the molecule is COCCNCc1ccc(F)c(N(C)CCO)c1. The minimum absolute atomic E-state index is 0.00621. The molecule has 2 N–H and O–H groups in total. The molecule has 4 nitrogen and oxygen atoms in total. The topological polar surface area (TPSA) is 44.7 Å². The predicted octanol–water partition coefficient (Wildman–Crippen LogP) is 0.990. The van der Waals surface area contributed by atoms with Crippen LogP contribution in [0, 0.1) is 5.82 Å². The van der Waals surface area contributed by atoms with Crippen LogP contribution in [0.5, 0.6) is 0 Å². The van der Waals surface area contributed by atoms with Crippen molar-refractivity contribution in [1.82, 2.24) is 5.32 Å². The van der Waals surface area contributed by atoms with Crippen molar-refractivity contribution in [1.29, 1.82) is 0 Å². The summed E-state index contributed by atoms with van der Waals surface area (Å²) in [5.74, 6) is -0.272. The Morgan fingerprint density at radius 2 is 2.22 bits per heavy atom. The molecule has 1 rings (SSSR count). The predicted molar refractivity (Wildman–Crippen MR) is 70.3 cm³/mol. The van der Waals surface area contributed by atoms with Gasteiger partial charge >= 0.3 is 0 Å². The number of anilines is 1. The van der Waals surface area contributed by atoms with Crippen LogP contribution in [0.2, 0.25) is 0 Å². The van der Waals surface area contributed by atoms with Gasteiger partial charge in [0.05, 0.1) is 18.9 Å². The van der Waals surface area contributed by atoms with Gasteiger partial charge in [-0.05, 0) is 17.7 Å². The molecule has 0 bridgehead atoms. The highest BCUT2D eigenvalue weighted by atomic mass is 19.1. The molecule has 5 heteroatoms. The highest BCUT2D eigenvalue weighted by Crippen LogP contribution is 2.19. The van der Waals surface area contributed by atoms with E-state index in [1.165, 1.54) is 6.07 Å². The van der Waals surface area contributed by atoms with Crippen LogP contribution in [0.4, 0.5) is 10.1 Å². The molecular formula is C13H21FN2O2. The molecule has 1 aromatic rings. The first-order chi connectivity index (χ1) is 8.69. The lowest BCUT2D eigenvalue weighted by atomic mass is 10.1. The zero-order valence-corrected chi connectivity index (χ0v) is 10.9. The first kappa shape index (κ1) is 14.9. The van der Waals surface area contributed by atoms with Crippen molar-refractivity contribution in [3.63, 3.8) is 0 Å². The molecule has 1 aromatic carbocycles. The van der Waals surface area contributed by atoms with Crippen LogP contribution in [0.25, 0.3) is 0 Å². The second kappa shape index (κ2) is 8.02. The normalized spacial score (nSPS) is 10.7. The minimum Gasteiger partial charge on any atom is -0.395 e. The van der Waals surface area contributed by atoms with E-state index in [-0.39, 0.29) is 12.4 Å². The van der Waals surface area contributed by atoms with Gasteiger partial charge in [0, 0.05) is 33.8 Å². The van der Waals surface area contributed by atoms with E-state index < -0.39 is 0 Å². The number of hydrogen-bond acceptors (Lipinski definition) is 4. The fourth-order valence-corrected chi connectivity index (χ4v) is 1.64. The number of halogens is 1. The summed E-state index contributed by atoms with van der Waals surface area (Å²) in [6, 6.07) is 5.01. The van der Waals surface area contributed by atoms with Crippen molar-refractivity contribution in [3.8, 4) is 0 Å². The van der Waals surface area contributed by atoms with E-state index in [0.717, 1.165) is 12.1 Å². The van der Waals surface area contributed by atoms with Gasteiger partial charge in [0.25, 0.3) is 0 Å². The van der Waals surface area contributed by atoms with Gasteiger partial charge in [0.1, 0.15) is 5.82 Å². The average Bonchev–Trinajstić information content (AvgIpc) is 2.36. The van der Waals surface area contributed by atoms with E-state index in [9.17, 15) is 4.39 Å². The maximum absolute atomic E-state index is 13.6. The van der Waals surface area contributed by atoms with Gasteiger partial charge in [-0.3, -0.25) is 0 Å². The largest absolute Gasteiger partial charge is 0.395 e. The van der Waals surface area contributed by atoms with Gasteiger partial charge in [-0.25, -0.2) is 4.39 Å².